The molecule has 1 N–H and O–H groups in total. The van der Waals surface area contributed by atoms with E-state index in [1.54, 1.807) is 0 Å². The van der Waals surface area contributed by atoms with E-state index in [0.29, 0.717) is 17.9 Å². The van der Waals surface area contributed by atoms with Crippen molar-refractivity contribution in [1.82, 2.24) is 4.98 Å². The Morgan fingerprint density at radius 3 is 2.30 bits per heavy atom. The Kier molecular flexibility index (Phi) is 5.72. The molecule has 0 radical (unpaired) electrons. The van der Waals surface area contributed by atoms with Gasteiger partial charge in [-0.1, -0.05) is 70.2 Å². The van der Waals surface area contributed by atoms with E-state index in [0.717, 1.165) is 29.1 Å². The van der Waals surface area contributed by atoms with Crippen LogP contribution in [0.1, 0.15) is 68.8 Å². The third-order valence-corrected chi connectivity index (χ3v) is 5.78. The van der Waals surface area contributed by atoms with Gasteiger partial charge >= 0.3 is 0 Å². The van der Waals surface area contributed by atoms with Crippen LogP contribution in [0.4, 0.5) is 11.4 Å². The normalized spacial score (nSPS) is 15.8. The maximum Gasteiger partial charge on any atom is 0.0820 e. The van der Waals surface area contributed by atoms with Crippen LogP contribution in [0.15, 0.2) is 59.6 Å². The summed E-state index contributed by atoms with van der Waals surface area (Å²) in [5, 5.41) is 3.61. The minimum absolute atomic E-state index is 0.426. The largest absolute Gasteiger partial charge is 0.381 e. The van der Waals surface area contributed by atoms with Crippen LogP contribution in [-0.4, -0.2) is 17.2 Å². The van der Waals surface area contributed by atoms with Gasteiger partial charge in [-0.25, -0.2) is 4.98 Å². The number of pyridine rings is 1. The molecule has 0 bridgehead atoms. The molecule has 1 atom stereocenters. The van der Waals surface area contributed by atoms with Crippen molar-refractivity contribution < 1.29 is 0 Å². The van der Waals surface area contributed by atoms with Crippen LogP contribution in [-0.2, 0) is 6.42 Å². The highest BCUT2D eigenvalue weighted by atomic mass is 14.9. The van der Waals surface area contributed by atoms with Gasteiger partial charge in [-0.15, -0.1) is 0 Å². The molecule has 2 heterocycles. The SMILES string of the molecule is CC1Cc2cccc(-c3cccc(C=Nc4c(C(C)C)cccc4C(C)C)n3)c2N1. The van der Waals surface area contributed by atoms with Crippen molar-refractivity contribution in [3.63, 3.8) is 0 Å². The fourth-order valence-corrected chi connectivity index (χ4v) is 4.25. The lowest BCUT2D eigenvalue weighted by Gasteiger charge is -2.16. The molecule has 3 heteroatoms. The Morgan fingerprint density at radius 2 is 1.60 bits per heavy atom. The van der Waals surface area contributed by atoms with E-state index in [-0.39, 0.29) is 0 Å². The molecule has 0 fully saturated rings. The predicted octanol–water partition coefficient (Wildman–Crippen LogP) is 7.10. The number of rotatable bonds is 5. The fourth-order valence-electron chi connectivity index (χ4n) is 4.25. The predicted molar refractivity (Wildman–Crippen MR) is 128 cm³/mol. The molecule has 1 aliphatic heterocycles. The van der Waals surface area contributed by atoms with Gasteiger partial charge in [-0.2, -0.15) is 0 Å². The van der Waals surface area contributed by atoms with Crippen molar-refractivity contribution >= 4 is 17.6 Å². The first-order chi connectivity index (χ1) is 14.4. The van der Waals surface area contributed by atoms with Crippen LogP contribution in [0.3, 0.4) is 0 Å². The quantitative estimate of drug-likeness (QED) is 0.466. The highest BCUT2D eigenvalue weighted by Crippen LogP contribution is 2.36. The van der Waals surface area contributed by atoms with E-state index in [1.807, 2.05) is 12.3 Å². The molecule has 4 rings (SSSR count). The average Bonchev–Trinajstić information content (AvgIpc) is 3.12. The summed E-state index contributed by atoms with van der Waals surface area (Å²) in [6, 6.07) is 19.6. The standard InChI is InChI=1S/C27H31N3/c1-17(2)22-11-8-12-23(18(3)4)27(22)28-16-21-10-7-14-25(30-21)24-13-6-9-20-15-19(5)29-26(20)24/h6-14,16-19,29H,15H2,1-5H3. The van der Waals surface area contributed by atoms with E-state index in [2.05, 4.69) is 88.5 Å². The third kappa shape index (κ3) is 4.02. The van der Waals surface area contributed by atoms with Gasteiger partial charge in [0.25, 0.3) is 0 Å². The minimum Gasteiger partial charge on any atom is -0.381 e. The van der Waals surface area contributed by atoms with Crippen molar-refractivity contribution in [2.24, 2.45) is 4.99 Å². The first kappa shape index (κ1) is 20.3. The highest BCUT2D eigenvalue weighted by Gasteiger charge is 2.20. The van der Waals surface area contributed by atoms with Gasteiger partial charge in [0.05, 0.1) is 23.3 Å². The number of nitrogens with zero attached hydrogens (tertiary/aromatic N) is 2. The topological polar surface area (TPSA) is 37.3 Å². The summed E-state index contributed by atoms with van der Waals surface area (Å²) in [5.74, 6) is 0.852. The summed E-state index contributed by atoms with van der Waals surface area (Å²) in [6.07, 6.45) is 2.98. The average molecular weight is 398 g/mol. The Bertz CT molecular complexity index is 1050. The number of aliphatic imine (C=N–C) groups is 1. The number of hydrogen-bond donors (Lipinski definition) is 1. The monoisotopic (exact) mass is 397 g/mol. The minimum atomic E-state index is 0.426. The summed E-state index contributed by atoms with van der Waals surface area (Å²) in [7, 11) is 0. The second-order valence-electron chi connectivity index (χ2n) is 8.89. The van der Waals surface area contributed by atoms with Crippen molar-refractivity contribution in [2.45, 2.75) is 58.9 Å². The maximum atomic E-state index is 4.94. The molecule has 3 aromatic rings. The zero-order valence-corrected chi connectivity index (χ0v) is 18.6. The Morgan fingerprint density at radius 1 is 0.933 bits per heavy atom. The number of para-hydroxylation sites is 2. The molecule has 3 nitrogen and oxygen atoms in total. The molecule has 0 amide bonds. The smallest absolute Gasteiger partial charge is 0.0820 e. The summed E-state index contributed by atoms with van der Waals surface area (Å²) < 4.78 is 0. The number of benzene rings is 2. The van der Waals surface area contributed by atoms with Gasteiger partial charge in [-0.3, -0.25) is 4.99 Å². The van der Waals surface area contributed by atoms with Gasteiger partial charge in [0.2, 0.25) is 0 Å². The van der Waals surface area contributed by atoms with E-state index in [4.69, 9.17) is 9.98 Å². The van der Waals surface area contributed by atoms with Gasteiger partial charge in [0.1, 0.15) is 0 Å². The Hall–Kier alpha value is -2.94. The summed E-state index contributed by atoms with van der Waals surface area (Å²) >= 11 is 0. The van der Waals surface area contributed by atoms with Crippen LogP contribution >= 0.6 is 0 Å². The van der Waals surface area contributed by atoms with Crippen molar-refractivity contribution in [1.29, 1.82) is 0 Å². The molecular formula is C27H31N3. The second kappa shape index (κ2) is 8.43. The third-order valence-electron chi connectivity index (χ3n) is 5.78. The number of fused-ring (bicyclic) bond motifs is 1. The van der Waals surface area contributed by atoms with Crippen molar-refractivity contribution in [3.05, 3.63) is 77.0 Å². The number of aromatic nitrogens is 1. The van der Waals surface area contributed by atoms with Gasteiger partial charge in [-0.05, 0) is 54.0 Å². The molecular weight excluding hydrogens is 366 g/mol. The summed E-state index contributed by atoms with van der Waals surface area (Å²) in [4.78, 5) is 9.86. The lowest BCUT2D eigenvalue weighted by Crippen LogP contribution is -2.09. The van der Waals surface area contributed by atoms with Crippen LogP contribution in [0, 0.1) is 0 Å². The number of anilines is 1. The van der Waals surface area contributed by atoms with Crippen molar-refractivity contribution in [2.75, 3.05) is 5.32 Å². The van der Waals surface area contributed by atoms with Gasteiger partial charge in [0, 0.05) is 17.3 Å². The van der Waals surface area contributed by atoms with E-state index >= 15 is 0 Å². The van der Waals surface area contributed by atoms with E-state index in [9.17, 15) is 0 Å². The van der Waals surface area contributed by atoms with Crippen LogP contribution in [0.2, 0.25) is 0 Å². The first-order valence-corrected chi connectivity index (χ1v) is 11.0. The maximum absolute atomic E-state index is 4.94. The second-order valence-corrected chi connectivity index (χ2v) is 8.89. The number of nitrogens with one attached hydrogen (secondary N) is 1. The van der Waals surface area contributed by atoms with E-state index < -0.39 is 0 Å². The zero-order valence-electron chi connectivity index (χ0n) is 18.6. The van der Waals surface area contributed by atoms with Gasteiger partial charge in [0.15, 0.2) is 0 Å². The lowest BCUT2D eigenvalue weighted by atomic mass is 9.93. The zero-order chi connectivity index (χ0) is 21.3. The molecule has 1 aliphatic rings. The fraction of sp³-hybridized carbons (Fsp3) is 0.333. The molecule has 2 aromatic carbocycles. The van der Waals surface area contributed by atoms with Gasteiger partial charge < -0.3 is 5.32 Å². The molecule has 1 unspecified atom stereocenters. The number of hydrogen-bond acceptors (Lipinski definition) is 3. The molecule has 154 valence electrons. The molecule has 0 saturated carbocycles. The Balaban J connectivity index is 1.71. The van der Waals surface area contributed by atoms with Crippen LogP contribution < -0.4 is 5.32 Å². The summed E-state index contributed by atoms with van der Waals surface area (Å²) in [5.41, 5.74) is 9.28. The molecule has 1 aromatic heterocycles. The molecule has 0 spiro atoms. The highest BCUT2D eigenvalue weighted by molar-refractivity contribution is 5.84. The van der Waals surface area contributed by atoms with Crippen molar-refractivity contribution in [3.8, 4) is 11.3 Å². The summed E-state index contributed by atoms with van der Waals surface area (Å²) in [6.45, 7) is 11.1. The Labute approximate surface area is 180 Å². The molecule has 0 aliphatic carbocycles. The molecule has 0 saturated heterocycles. The molecule has 30 heavy (non-hydrogen) atoms. The first-order valence-electron chi connectivity index (χ1n) is 11.0. The van der Waals surface area contributed by atoms with E-state index in [1.165, 1.54) is 22.4 Å². The lowest BCUT2D eigenvalue weighted by molar-refractivity contribution is 0.835. The van der Waals surface area contributed by atoms with Crippen LogP contribution in [0.25, 0.3) is 11.3 Å². The van der Waals surface area contributed by atoms with Crippen LogP contribution in [0.5, 0.6) is 0 Å².